The minimum atomic E-state index is -3.70. The van der Waals surface area contributed by atoms with E-state index in [0.717, 1.165) is 18.6 Å². The first-order chi connectivity index (χ1) is 12.9. The molecule has 27 heavy (non-hydrogen) atoms. The number of sulfonamides is 1. The highest BCUT2D eigenvalue weighted by Crippen LogP contribution is 2.29. The molecule has 0 unspecified atom stereocenters. The summed E-state index contributed by atoms with van der Waals surface area (Å²) in [4.78, 5) is 14.4. The molecule has 0 spiro atoms. The number of benzene rings is 1. The van der Waals surface area contributed by atoms with Crippen molar-refractivity contribution >= 4 is 16.1 Å². The molecule has 9 heteroatoms. The number of carbonyl (C=O) groups excluding carboxylic acids is 1. The maximum atomic E-state index is 13.1. The minimum Gasteiger partial charge on any atom is -0.379 e. The molecule has 2 saturated heterocycles. The van der Waals surface area contributed by atoms with Crippen LogP contribution in [-0.2, 0) is 14.8 Å². The largest absolute Gasteiger partial charge is 0.379 e. The lowest BCUT2D eigenvalue weighted by atomic mass is 9.93. The predicted octanol–water partition coefficient (Wildman–Crippen LogP) is 1.66. The normalized spacial score (nSPS) is 24.1. The van der Waals surface area contributed by atoms with Crippen LogP contribution in [0.25, 0.3) is 0 Å². The Bertz CT molecular complexity index is 756. The Morgan fingerprint density at radius 3 is 2.74 bits per heavy atom. The molecular weight excluding hydrogens is 373 g/mol. The number of rotatable bonds is 4. The molecule has 1 aromatic rings. The molecule has 2 atom stereocenters. The van der Waals surface area contributed by atoms with E-state index in [4.69, 9.17) is 4.74 Å². The first kappa shape index (κ1) is 20.0. The average molecular weight is 399 g/mol. The summed E-state index contributed by atoms with van der Waals surface area (Å²) in [5.74, 6) is -0.567. The zero-order valence-electron chi connectivity index (χ0n) is 15.4. The molecule has 1 aromatic carbocycles. The Kier molecular flexibility index (Phi) is 6.33. The van der Waals surface area contributed by atoms with Crippen LogP contribution in [0, 0.1) is 11.7 Å². The number of nitrogens with zero attached hydrogens (tertiary/aromatic N) is 2. The molecule has 2 amide bonds. The average Bonchev–Trinajstić information content (AvgIpc) is 2.88. The fraction of sp³-hybridized carbons (Fsp3) is 0.611. The van der Waals surface area contributed by atoms with Gasteiger partial charge in [-0.1, -0.05) is 6.92 Å². The molecule has 2 aliphatic rings. The highest BCUT2D eigenvalue weighted by atomic mass is 32.2. The third-order valence-corrected chi connectivity index (χ3v) is 6.98. The van der Waals surface area contributed by atoms with Gasteiger partial charge in [-0.15, -0.1) is 0 Å². The van der Waals surface area contributed by atoms with Gasteiger partial charge in [0.25, 0.3) is 0 Å². The summed E-state index contributed by atoms with van der Waals surface area (Å²) in [6, 6.07) is 4.69. The van der Waals surface area contributed by atoms with Crippen LogP contribution >= 0.6 is 0 Å². The molecule has 1 N–H and O–H groups in total. The molecule has 2 fully saturated rings. The Morgan fingerprint density at radius 2 is 2.04 bits per heavy atom. The van der Waals surface area contributed by atoms with Crippen LogP contribution in [0.1, 0.15) is 19.8 Å². The quantitative estimate of drug-likeness (QED) is 0.835. The van der Waals surface area contributed by atoms with Gasteiger partial charge in [-0.2, -0.15) is 4.31 Å². The van der Waals surface area contributed by atoms with Gasteiger partial charge in [0.2, 0.25) is 10.0 Å². The van der Waals surface area contributed by atoms with Gasteiger partial charge in [0.15, 0.2) is 0 Å². The SMILES string of the molecule is CCCNC(=O)N1CCOC[C@H]2CN(S(=O)(=O)c3ccc(F)cc3)CC[C@H]21. The van der Waals surface area contributed by atoms with E-state index >= 15 is 0 Å². The molecule has 0 aliphatic carbocycles. The Morgan fingerprint density at radius 1 is 1.30 bits per heavy atom. The standard InChI is InChI=1S/C18H26FN3O4S/c1-2-8-20-18(23)22-10-11-26-13-14-12-21(9-7-17(14)22)27(24,25)16-5-3-15(19)4-6-16/h3-6,14,17H,2,7-13H2,1H3,(H,20,23)/t14-,17-/m1/s1. The summed E-state index contributed by atoms with van der Waals surface area (Å²) in [6.45, 7) is 4.56. The van der Waals surface area contributed by atoms with Crippen molar-refractivity contribution in [3.8, 4) is 0 Å². The van der Waals surface area contributed by atoms with Crippen molar-refractivity contribution in [2.45, 2.75) is 30.7 Å². The smallest absolute Gasteiger partial charge is 0.317 e. The summed E-state index contributed by atoms with van der Waals surface area (Å²) in [7, 11) is -3.70. The van der Waals surface area contributed by atoms with E-state index in [2.05, 4.69) is 5.32 Å². The second-order valence-electron chi connectivity index (χ2n) is 6.93. The molecule has 2 aliphatic heterocycles. The zero-order valence-corrected chi connectivity index (χ0v) is 16.3. The second-order valence-corrected chi connectivity index (χ2v) is 8.87. The Balaban J connectivity index is 1.75. The topological polar surface area (TPSA) is 79.0 Å². The van der Waals surface area contributed by atoms with Crippen LogP contribution in [0.4, 0.5) is 9.18 Å². The number of piperidine rings is 1. The molecule has 0 radical (unpaired) electrons. The maximum Gasteiger partial charge on any atom is 0.317 e. The molecule has 150 valence electrons. The van der Waals surface area contributed by atoms with Gasteiger partial charge in [0, 0.05) is 38.1 Å². The van der Waals surface area contributed by atoms with Crippen molar-refractivity contribution < 1.29 is 22.3 Å². The molecule has 0 bridgehead atoms. The highest BCUT2D eigenvalue weighted by molar-refractivity contribution is 7.89. The van der Waals surface area contributed by atoms with Gasteiger partial charge >= 0.3 is 6.03 Å². The summed E-state index contributed by atoms with van der Waals surface area (Å²) in [5, 5.41) is 2.90. The van der Waals surface area contributed by atoms with Crippen LogP contribution in [0.2, 0.25) is 0 Å². The van der Waals surface area contributed by atoms with Crippen molar-refractivity contribution in [3.05, 3.63) is 30.1 Å². The molecule has 3 rings (SSSR count). The van der Waals surface area contributed by atoms with E-state index in [-0.39, 0.29) is 29.4 Å². The summed E-state index contributed by atoms with van der Waals surface area (Å²) < 4.78 is 45.9. The lowest BCUT2D eigenvalue weighted by Gasteiger charge is -2.41. The van der Waals surface area contributed by atoms with Crippen LogP contribution in [0.15, 0.2) is 29.2 Å². The minimum absolute atomic E-state index is 0.0518. The maximum absolute atomic E-state index is 13.1. The predicted molar refractivity (Wildman–Crippen MR) is 98.3 cm³/mol. The van der Waals surface area contributed by atoms with E-state index in [9.17, 15) is 17.6 Å². The first-order valence-corrected chi connectivity index (χ1v) is 10.8. The van der Waals surface area contributed by atoms with Gasteiger partial charge < -0.3 is 15.0 Å². The van der Waals surface area contributed by atoms with Gasteiger partial charge in [0.05, 0.1) is 18.1 Å². The molecule has 7 nitrogen and oxygen atoms in total. The van der Waals surface area contributed by atoms with Crippen LogP contribution in [-0.4, -0.2) is 69.1 Å². The van der Waals surface area contributed by atoms with Crippen LogP contribution < -0.4 is 5.32 Å². The zero-order chi connectivity index (χ0) is 19.4. The number of amides is 2. The molecule has 2 heterocycles. The molecule has 0 saturated carbocycles. The van der Waals surface area contributed by atoms with E-state index in [1.807, 2.05) is 6.92 Å². The number of nitrogens with one attached hydrogen (secondary N) is 1. The first-order valence-electron chi connectivity index (χ1n) is 9.31. The summed E-state index contributed by atoms with van der Waals surface area (Å²) in [6.07, 6.45) is 1.40. The van der Waals surface area contributed by atoms with Crippen molar-refractivity contribution in [3.63, 3.8) is 0 Å². The molecule has 0 aromatic heterocycles. The lowest BCUT2D eigenvalue weighted by Crippen LogP contribution is -2.56. The monoisotopic (exact) mass is 399 g/mol. The van der Waals surface area contributed by atoms with Gasteiger partial charge in [-0.05, 0) is 37.1 Å². The van der Waals surface area contributed by atoms with Crippen LogP contribution in [0.3, 0.4) is 0 Å². The third kappa shape index (κ3) is 4.41. The van der Waals surface area contributed by atoms with Crippen molar-refractivity contribution in [1.82, 2.24) is 14.5 Å². The Hall–Kier alpha value is -1.71. The number of fused-ring (bicyclic) bond motifs is 1. The number of hydrogen-bond acceptors (Lipinski definition) is 4. The highest BCUT2D eigenvalue weighted by Gasteiger charge is 2.40. The van der Waals surface area contributed by atoms with Gasteiger partial charge in [-0.3, -0.25) is 0 Å². The van der Waals surface area contributed by atoms with Gasteiger partial charge in [0.1, 0.15) is 5.82 Å². The fourth-order valence-electron chi connectivity index (χ4n) is 3.68. The fourth-order valence-corrected chi connectivity index (χ4v) is 5.20. The van der Waals surface area contributed by atoms with E-state index in [1.165, 1.54) is 16.4 Å². The van der Waals surface area contributed by atoms with Crippen molar-refractivity contribution in [1.29, 1.82) is 0 Å². The second kappa shape index (κ2) is 8.53. The summed E-state index contributed by atoms with van der Waals surface area (Å²) >= 11 is 0. The summed E-state index contributed by atoms with van der Waals surface area (Å²) in [5.41, 5.74) is 0. The van der Waals surface area contributed by atoms with Crippen LogP contribution in [0.5, 0.6) is 0 Å². The van der Waals surface area contributed by atoms with Gasteiger partial charge in [-0.25, -0.2) is 17.6 Å². The van der Waals surface area contributed by atoms with E-state index < -0.39 is 15.8 Å². The van der Waals surface area contributed by atoms with Crippen molar-refractivity contribution in [2.24, 2.45) is 5.92 Å². The van der Waals surface area contributed by atoms with Crippen molar-refractivity contribution in [2.75, 3.05) is 39.4 Å². The Labute approximate surface area is 159 Å². The van der Waals surface area contributed by atoms with E-state index in [0.29, 0.717) is 39.3 Å². The molecular formula is C18H26FN3O4S. The lowest BCUT2D eigenvalue weighted by molar-refractivity contribution is 0.0848. The number of urea groups is 1. The van der Waals surface area contributed by atoms with E-state index in [1.54, 1.807) is 4.90 Å². The number of carbonyl (C=O) groups is 1. The number of hydrogen-bond donors (Lipinski definition) is 1. The number of halogens is 1. The number of ether oxygens (including phenoxy) is 1. The third-order valence-electron chi connectivity index (χ3n) is 5.10.